The van der Waals surface area contributed by atoms with E-state index in [9.17, 15) is 14.9 Å². The van der Waals surface area contributed by atoms with Gasteiger partial charge in [0, 0.05) is 0 Å². The minimum atomic E-state index is -0.629. The summed E-state index contributed by atoms with van der Waals surface area (Å²) in [5, 5.41) is 10.4. The number of hydrogen-bond acceptors (Lipinski definition) is 4. The third kappa shape index (κ3) is 0.975. The van der Waals surface area contributed by atoms with Crippen LogP contribution >= 0.6 is 0 Å². The summed E-state index contributed by atoms with van der Waals surface area (Å²) in [4.78, 5) is 29.5. The van der Waals surface area contributed by atoms with Crippen LogP contribution in [0.25, 0.3) is 11.0 Å². The van der Waals surface area contributed by atoms with Crippen molar-refractivity contribution in [2.75, 3.05) is 0 Å². The average Bonchev–Trinajstić information content (AvgIpc) is 2.49. The van der Waals surface area contributed by atoms with Gasteiger partial charge in [-0.25, -0.2) is 4.98 Å². The Bertz CT molecular complexity index is 526. The molecule has 2 aromatic heterocycles. The average molecular weight is 180 g/mol. The van der Waals surface area contributed by atoms with Crippen LogP contribution in [0.15, 0.2) is 17.3 Å². The number of fused-ring (bicyclic) bond motifs is 1. The lowest BCUT2D eigenvalue weighted by atomic mass is 10.4. The van der Waals surface area contributed by atoms with Crippen LogP contribution < -0.4 is 5.56 Å². The van der Waals surface area contributed by atoms with Crippen LogP contribution in [0.5, 0.6) is 0 Å². The molecule has 0 spiro atoms. The van der Waals surface area contributed by atoms with E-state index < -0.39 is 10.5 Å². The van der Waals surface area contributed by atoms with Crippen LogP contribution in [-0.2, 0) is 0 Å². The second kappa shape index (κ2) is 2.41. The van der Waals surface area contributed by atoms with Crippen molar-refractivity contribution < 1.29 is 4.92 Å². The van der Waals surface area contributed by atoms with E-state index in [0.717, 1.165) is 6.20 Å². The number of hydrogen-bond donors (Lipinski definition) is 2. The van der Waals surface area contributed by atoms with Crippen molar-refractivity contribution in [3.05, 3.63) is 33.0 Å². The van der Waals surface area contributed by atoms with Gasteiger partial charge in [0.2, 0.25) is 0 Å². The zero-order valence-electron chi connectivity index (χ0n) is 6.27. The molecule has 0 amide bonds. The first-order valence-electron chi connectivity index (χ1n) is 3.39. The molecule has 0 bridgehead atoms. The lowest BCUT2D eigenvalue weighted by Gasteiger charge is -1.86. The van der Waals surface area contributed by atoms with Gasteiger partial charge >= 0.3 is 5.69 Å². The predicted octanol–water partition coefficient (Wildman–Crippen LogP) is 0.159. The molecule has 0 saturated carbocycles. The van der Waals surface area contributed by atoms with Crippen molar-refractivity contribution in [1.82, 2.24) is 15.0 Å². The van der Waals surface area contributed by atoms with Gasteiger partial charge in [0.15, 0.2) is 11.0 Å². The van der Waals surface area contributed by atoms with Gasteiger partial charge < -0.3 is 9.97 Å². The molecule has 0 aliphatic carbocycles. The van der Waals surface area contributed by atoms with Crippen LogP contribution in [0.4, 0.5) is 5.69 Å². The molecule has 7 heteroatoms. The normalized spacial score (nSPS) is 10.5. The summed E-state index contributed by atoms with van der Waals surface area (Å²) in [6, 6.07) is 0. The molecule has 0 aliphatic heterocycles. The highest BCUT2D eigenvalue weighted by atomic mass is 16.6. The SMILES string of the molecule is O=c1[nH]cnc2[nH]cc([N+](=O)[O-])c12. The van der Waals surface area contributed by atoms with E-state index in [0.29, 0.717) is 0 Å². The van der Waals surface area contributed by atoms with Crippen LogP contribution in [-0.4, -0.2) is 19.9 Å². The molecule has 2 aromatic rings. The Morgan fingerprint density at radius 1 is 1.46 bits per heavy atom. The first kappa shape index (κ1) is 7.47. The molecular weight excluding hydrogens is 176 g/mol. The smallest absolute Gasteiger partial charge is 0.301 e. The largest absolute Gasteiger partial charge is 0.340 e. The van der Waals surface area contributed by atoms with Crippen LogP contribution in [0.2, 0.25) is 0 Å². The summed E-state index contributed by atoms with van der Waals surface area (Å²) < 4.78 is 0. The molecule has 2 heterocycles. The molecule has 0 unspecified atom stereocenters. The molecule has 0 saturated heterocycles. The topological polar surface area (TPSA) is 105 Å². The van der Waals surface area contributed by atoms with Gasteiger partial charge in [-0.15, -0.1) is 0 Å². The molecule has 0 radical (unpaired) electrons. The Kier molecular flexibility index (Phi) is 1.38. The number of aromatic amines is 2. The molecule has 66 valence electrons. The third-order valence-corrected chi connectivity index (χ3v) is 1.65. The highest BCUT2D eigenvalue weighted by Gasteiger charge is 2.17. The molecule has 7 nitrogen and oxygen atoms in total. The number of nitrogens with one attached hydrogen (secondary N) is 2. The summed E-state index contributed by atoms with van der Waals surface area (Å²) in [6.07, 6.45) is 2.33. The Morgan fingerprint density at radius 2 is 2.23 bits per heavy atom. The van der Waals surface area contributed by atoms with Crippen molar-refractivity contribution >= 4 is 16.7 Å². The predicted molar refractivity (Wildman–Crippen MR) is 43.4 cm³/mol. The summed E-state index contributed by atoms with van der Waals surface area (Å²) in [7, 11) is 0. The standard InChI is InChI=1S/C6H4N4O3/c11-6-4-3(10(12)13)1-7-5(4)8-2-9-6/h1-2H,(H2,7,8,9,11). The van der Waals surface area contributed by atoms with E-state index in [1.165, 1.54) is 6.33 Å². The highest BCUT2D eigenvalue weighted by Crippen LogP contribution is 2.18. The van der Waals surface area contributed by atoms with Crippen LogP contribution in [0, 0.1) is 10.1 Å². The van der Waals surface area contributed by atoms with Gasteiger partial charge in [-0.05, 0) is 0 Å². The zero-order valence-corrected chi connectivity index (χ0v) is 6.27. The molecule has 0 aromatic carbocycles. The Hall–Kier alpha value is -2.18. The van der Waals surface area contributed by atoms with Crippen LogP contribution in [0.3, 0.4) is 0 Å². The lowest BCUT2D eigenvalue weighted by molar-refractivity contribution is -0.383. The van der Waals surface area contributed by atoms with E-state index in [4.69, 9.17) is 0 Å². The first-order valence-corrected chi connectivity index (χ1v) is 3.39. The number of rotatable bonds is 1. The fraction of sp³-hybridized carbons (Fsp3) is 0. The van der Waals surface area contributed by atoms with Gasteiger partial charge in [0.05, 0.1) is 17.4 Å². The van der Waals surface area contributed by atoms with Gasteiger partial charge in [-0.3, -0.25) is 14.9 Å². The molecule has 2 N–H and O–H groups in total. The van der Waals surface area contributed by atoms with Gasteiger partial charge in [-0.1, -0.05) is 0 Å². The monoisotopic (exact) mass is 180 g/mol. The van der Waals surface area contributed by atoms with Crippen molar-refractivity contribution in [1.29, 1.82) is 0 Å². The fourth-order valence-corrected chi connectivity index (χ4v) is 1.10. The van der Waals surface area contributed by atoms with E-state index in [1.54, 1.807) is 0 Å². The van der Waals surface area contributed by atoms with E-state index in [-0.39, 0.29) is 16.7 Å². The summed E-state index contributed by atoms with van der Waals surface area (Å²) in [6.45, 7) is 0. The van der Waals surface area contributed by atoms with E-state index in [1.807, 2.05) is 0 Å². The van der Waals surface area contributed by atoms with Gasteiger partial charge in [-0.2, -0.15) is 0 Å². The second-order valence-corrected chi connectivity index (χ2v) is 2.39. The summed E-state index contributed by atoms with van der Waals surface area (Å²) >= 11 is 0. The molecular formula is C6H4N4O3. The summed E-state index contributed by atoms with van der Waals surface area (Å²) in [5.41, 5.74) is -0.558. The minimum absolute atomic E-state index is 0.0208. The highest BCUT2D eigenvalue weighted by molar-refractivity contribution is 5.84. The van der Waals surface area contributed by atoms with Gasteiger partial charge in [0.1, 0.15) is 0 Å². The number of nitrogens with zero attached hydrogens (tertiary/aromatic N) is 2. The van der Waals surface area contributed by atoms with E-state index >= 15 is 0 Å². The molecule has 2 rings (SSSR count). The molecule has 0 fully saturated rings. The Labute approximate surface area is 70.6 Å². The minimum Gasteiger partial charge on any atom is -0.340 e. The molecule has 13 heavy (non-hydrogen) atoms. The van der Waals surface area contributed by atoms with Crippen molar-refractivity contribution in [2.24, 2.45) is 0 Å². The second-order valence-electron chi connectivity index (χ2n) is 2.39. The number of H-pyrrole nitrogens is 2. The number of nitro groups is 1. The number of aromatic nitrogens is 3. The van der Waals surface area contributed by atoms with Crippen molar-refractivity contribution in [3.8, 4) is 0 Å². The lowest BCUT2D eigenvalue weighted by Crippen LogP contribution is -2.06. The van der Waals surface area contributed by atoms with Gasteiger partial charge in [0.25, 0.3) is 5.56 Å². The first-order chi connectivity index (χ1) is 6.20. The maximum atomic E-state index is 11.1. The Morgan fingerprint density at radius 3 is 2.92 bits per heavy atom. The maximum Gasteiger partial charge on any atom is 0.301 e. The third-order valence-electron chi connectivity index (χ3n) is 1.65. The maximum absolute atomic E-state index is 11.1. The summed E-state index contributed by atoms with van der Waals surface area (Å²) in [5.74, 6) is 0. The van der Waals surface area contributed by atoms with E-state index in [2.05, 4.69) is 15.0 Å². The fourth-order valence-electron chi connectivity index (χ4n) is 1.10. The molecule has 0 atom stereocenters. The van der Waals surface area contributed by atoms with Crippen LogP contribution in [0.1, 0.15) is 0 Å². The Balaban J connectivity index is 2.95. The quantitative estimate of drug-likeness (QED) is 0.481. The van der Waals surface area contributed by atoms with Crippen molar-refractivity contribution in [2.45, 2.75) is 0 Å². The zero-order chi connectivity index (χ0) is 9.42. The molecule has 0 aliphatic rings. The van der Waals surface area contributed by atoms with Crippen molar-refractivity contribution in [3.63, 3.8) is 0 Å².